The monoisotopic (exact) mass is 379 g/mol. The maximum atomic E-state index is 12.5. The molecule has 5 nitrogen and oxygen atoms in total. The van der Waals surface area contributed by atoms with Crippen molar-refractivity contribution in [3.63, 3.8) is 0 Å². The summed E-state index contributed by atoms with van der Waals surface area (Å²) in [5.41, 5.74) is 6.48. The van der Waals surface area contributed by atoms with Crippen LogP contribution >= 0.6 is 11.6 Å². The number of unbranched alkanes of at least 4 members (excludes halogenated alkanes) is 3. The van der Waals surface area contributed by atoms with Gasteiger partial charge < -0.3 is 16.4 Å². The normalized spacial score (nSPS) is 14.8. The Bertz CT molecular complexity index is 601. The van der Waals surface area contributed by atoms with Crippen molar-refractivity contribution in [2.45, 2.75) is 70.3 Å². The van der Waals surface area contributed by atoms with Gasteiger partial charge in [-0.05, 0) is 50.4 Å². The van der Waals surface area contributed by atoms with Crippen molar-refractivity contribution >= 4 is 29.1 Å². The zero-order valence-corrected chi connectivity index (χ0v) is 16.1. The molecule has 1 saturated carbocycles. The number of rotatable bonds is 9. The minimum atomic E-state index is -0.167. The van der Waals surface area contributed by atoms with E-state index in [0.717, 1.165) is 51.4 Å². The number of hydrogen-bond acceptors (Lipinski definition) is 3. The van der Waals surface area contributed by atoms with E-state index in [9.17, 15) is 9.59 Å². The predicted molar refractivity (Wildman–Crippen MR) is 107 cm³/mol. The number of halogens is 1. The molecule has 1 aromatic carbocycles. The van der Waals surface area contributed by atoms with Gasteiger partial charge in [0.2, 0.25) is 5.91 Å². The van der Waals surface area contributed by atoms with Crippen molar-refractivity contribution in [2.75, 3.05) is 11.9 Å². The highest BCUT2D eigenvalue weighted by Gasteiger charge is 2.18. The molecule has 0 heterocycles. The second-order valence-corrected chi connectivity index (χ2v) is 7.41. The first-order valence-corrected chi connectivity index (χ1v) is 10.1. The molecule has 144 valence electrons. The van der Waals surface area contributed by atoms with Crippen LogP contribution in [0.2, 0.25) is 5.02 Å². The lowest BCUT2D eigenvalue weighted by Gasteiger charge is -2.23. The summed E-state index contributed by atoms with van der Waals surface area (Å²) in [4.78, 5) is 24.6. The molecule has 26 heavy (non-hydrogen) atoms. The molecule has 0 aromatic heterocycles. The summed E-state index contributed by atoms with van der Waals surface area (Å²) < 4.78 is 0. The molecule has 0 spiro atoms. The SMILES string of the molecule is NCCCCCCC(=O)Nc1ccc(Cl)c(C(=O)NC2CCCCC2)c1. The molecule has 1 aliphatic rings. The van der Waals surface area contributed by atoms with Crippen LogP contribution in [0.25, 0.3) is 0 Å². The average Bonchev–Trinajstić information content (AvgIpc) is 2.64. The maximum Gasteiger partial charge on any atom is 0.253 e. The quantitative estimate of drug-likeness (QED) is 0.561. The first-order chi connectivity index (χ1) is 12.6. The molecule has 0 unspecified atom stereocenters. The first kappa shape index (κ1) is 20.7. The van der Waals surface area contributed by atoms with Crippen LogP contribution in [-0.2, 0) is 4.79 Å². The van der Waals surface area contributed by atoms with Crippen LogP contribution in [0.15, 0.2) is 18.2 Å². The van der Waals surface area contributed by atoms with Crippen LogP contribution in [0.1, 0.15) is 74.6 Å². The highest BCUT2D eigenvalue weighted by Crippen LogP contribution is 2.23. The maximum absolute atomic E-state index is 12.5. The van der Waals surface area contributed by atoms with Crippen LogP contribution in [0.3, 0.4) is 0 Å². The topological polar surface area (TPSA) is 84.2 Å². The molecule has 1 fully saturated rings. The van der Waals surface area contributed by atoms with Crippen molar-refractivity contribution in [1.29, 1.82) is 0 Å². The van der Waals surface area contributed by atoms with E-state index < -0.39 is 0 Å². The Labute approximate surface area is 161 Å². The second kappa shape index (κ2) is 11.2. The van der Waals surface area contributed by atoms with Gasteiger partial charge in [0.1, 0.15) is 0 Å². The Kier molecular flexibility index (Phi) is 8.92. The van der Waals surface area contributed by atoms with Gasteiger partial charge in [-0.25, -0.2) is 0 Å². The molecule has 0 atom stereocenters. The zero-order chi connectivity index (χ0) is 18.8. The molecule has 0 saturated heterocycles. The third kappa shape index (κ3) is 6.96. The number of nitrogens with two attached hydrogens (primary N) is 1. The molecule has 0 bridgehead atoms. The minimum absolute atomic E-state index is 0.0429. The van der Waals surface area contributed by atoms with Crippen LogP contribution in [0.5, 0.6) is 0 Å². The molecule has 1 aliphatic carbocycles. The molecule has 6 heteroatoms. The van der Waals surface area contributed by atoms with E-state index in [1.54, 1.807) is 18.2 Å². The number of anilines is 1. The molecular weight excluding hydrogens is 350 g/mol. The summed E-state index contributed by atoms with van der Waals surface area (Å²) in [6.07, 6.45) is 9.94. The first-order valence-electron chi connectivity index (χ1n) is 9.70. The number of nitrogens with one attached hydrogen (secondary N) is 2. The molecule has 1 aromatic rings. The van der Waals surface area contributed by atoms with Gasteiger partial charge in [0.15, 0.2) is 0 Å². The Hall–Kier alpha value is -1.59. The third-order valence-electron chi connectivity index (χ3n) is 4.79. The van der Waals surface area contributed by atoms with Gasteiger partial charge in [-0.1, -0.05) is 43.7 Å². The fraction of sp³-hybridized carbons (Fsp3) is 0.600. The van der Waals surface area contributed by atoms with Gasteiger partial charge in [-0.15, -0.1) is 0 Å². The smallest absolute Gasteiger partial charge is 0.253 e. The second-order valence-electron chi connectivity index (χ2n) is 7.00. The summed E-state index contributed by atoms with van der Waals surface area (Å²) in [5.74, 6) is -0.210. The van der Waals surface area contributed by atoms with E-state index in [0.29, 0.717) is 29.2 Å². The van der Waals surface area contributed by atoms with E-state index in [1.165, 1.54) is 6.42 Å². The lowest BCUT2D eigenvalue weighted by atomic mass is 9.95. The van der Waals surface area contributed by atoms with Crippen molar-refractivity contribution < 1.29 is 9.59 Å². The number of benzene rings is 1. The summed E-state index contributed by atoms with van der Waals surface area (Å²) in [7, 11) is 0. The van der Waals surface area contributed by atoms with Gasteiger partial charge in [0.05, 0.1) is 10.6 Å². The molecule has 0 aliphatic heterocycles. The fourth-order valence-corrected chi connectivity index (χ4v) is 3.50. The van der Waals surface area contributed by atoms with Crippen LogP contribution in [0, 0.1) is 0 Å². The van der Waals surface area contributed by atoms with Crippen LogP contribution < -0.4 is 16.4 Å². The van der Waals surface area contributed by atoms with E-state index in [1.807, 2.05) is 0 Å². The van der Waals surface area contributed by atoms with Crippen molar-refractivity contribution in [1.82, 2.24) is 5.32 Å². The molecule has 2 amide bonds. The zero-order valence-electron chi connectivity index (χ0n) is 15.4. The summed E-state index contributed by atoms with van der Waals surface area (Å²) in [5, 5.41) is 6.32. The highest BCUT2D eigenvalue weighted by atomic mass is 35.5. The predicted octanol–water partition coefficient (Wildman–Crippen LogP) is 4.25. The van der Waals surface area contributed by atoms with Crippen LogP contribution in [0.4, 0.5) is 5.69 Å². The average molecular weight is 380 g/mol. The Morgan fingerprint density at radius 1 is 1.08 bits per heavy atom. The van der Waals surface area contributed by atoms with Gasteiger partial charge in [-0.3, -0.25) is 9.59 Å². The highest BCUT2D eigenvalue weighted by molar-refractivity contribution is 6.34. The van der Waals surface area contributed by atoms with E-state index >= 15 is 0 Å². The van der Waals surface area contributed by atoms with Gasteiger partial charge in [0.25, 0.3) is 5.91 Å². The third-order valence-corrected chi connectivity index (χ3v) is 5.12. The molecule has 2 rings (SSSR count). The number of carbonyl (C=O) groups excluding carboxylic acids is 2. The number of amides is 2. The van der Waals surface area contributed by atoms with Crippen molar-refractivity contribution in [3.05, 3.63) is 28.8 Å². The van der Waals surface area contributed by atoms with Gasteiger partial charge in [0, 0.05) is 18.2 Å². The Morgan fingerprint density at radius 3 is 2.54 bits per heavy atom. The van der Waals surface area contributed by atoms with E-state index in [2.05, 4.69) is 10.6 Å². The number of carbonyl (C=O) groups is 2. The van der Waals surface area contributed by atoms with Crippen molar-refractivity contribution in [3.8, 4) is 0 Å². The summed E-state index contributed by atoms with van der Waals surface area (Å²) >= 11 is 6.19. The van der Waals surface area contributed by atoms with E-state index in [4.69, 9.17) is 17.3 Å². The molecule has 0 radical (unpaired) electrons. The lowest BCUT2D eigenvalue weighted by Crippen LogP contribution is -2.36. The standard InChI is InChI=1S/C20H30ClN3O2/c21-18-12-11-16(23-19(25)10-6-1-2-7-13-22)14-17(18)20(26)24-15-8-4-3-5-9-15/h11-12,14-15H,1-10,13,22H2,(H,23,25)(H,24,26). The van der Waals surface area contributed by atoms with E-state index in [-0.39, 0.29) is 17.9 Å². The largest absolute Gasteiger partial charge is 0.349 e. The van der Waals surface area contributed by atoms with Gasteiger partial charge in [-0.2, -0.15) is 0 Å². The molecule has 4 N–H and O–H groups in total. The summed E-state index contributed by atoms with van der Waals surface area (Å²) in [6.45, 7) is 0.697. The molecular formula is C20H30ClN3O2. The minimum Gasteiger partial charge on any atom is -0.349 e. The van der Waals surface area contributed by atoms with Crippen molar-refractivity contribution in [2.24, 2.45) is 5.73 Å². The Morgan fingerprint density at radius 2 is 1.81 bits per heavy atom. The lowest BCUT2D eigenvalue weighted by molar-refractivity contribution is -0.116. The fourth-order valence-electron chi connectivity index (χ4n) is 3.29. The Balaban J connectivity index is 1.87. The van der Waals surface area contributed by atoms with Crippen LogP contribution in [-0.4, -0.2) is 24.4 Å². The summed E-state index contributed by atoms with van der Waals surface area (Å²) in [6, 6.07) is 5.27. The van der Waals surface area contributed by atoms with Gasteiger partial charge >= 0.3 is 0 Å². The number of hydrogen-bond donors (Lipinski definition) is 3.